The molecule has 0 radical (unpaired) electrons. The summed E-state index contributed by atoms with van der Waals surface area (Å²) in [6.07, 6.45) is 2.85. The summed E-state index contributed by atoms with van der Waals surface area (Å²) in [6.45, 7) is 1.80. The SMILES string of the molecule is CN(C)CC[C@H]1CN(C)C(=S)c2cccnc2O1.Cl.Cl. The molecule has 0 fully saturated rings. The van der Waals surface area contributed by atoms with Crippen LogP contribution in [0.2, 0.25) is 0 Å². The minimum Gasteiger partial charge on any atom is -0.472 e. The highest BCUT2D eigenvalue weighted by Gasteiger charge is 2.24. The Morgan fingerprint density at radius 2 is 2.15 bits per heavy atom. The molecule has 7 heteroatoms. The fourth-order valence-corrected chi connectivity index (χ4v) is 2.22. The summed E-state index contributed by atoms with van der Waals surface area (Å²) in [5.41, 5.74) is 0.919. The maximum Gasteiger partial charge on any atom is 0.224 e. The third-order valence-electron chi connectivity index (χ3n) is 3.00. The van der Waals surface area contributed by atoms with Gasteiger partial charge in [0.15, 0.2) is 0 Å². The van der Waals surface area contributed by atoms with Gasteiger partial charge in [0, 0.05) is 19.8 Å². The average molecular weight is 338 g/mol. The monoisotopic (exact) mass is 337 g/mol. The van der Waals surface area contributed by atoms with Gasteiger partial charge in [0.05, 0.1) is 12.1 Å². The summed E-state index contributed by atoms with van der Waals surface area (Å²) in [6, 6.07) is 3.86. The fourth-order valence-electron chi connectivity index (χ4n) is 1.99. The van der Waals surface area contributed by atoms with Gasteiger partial charge < -0.3 is 14.5 Å². The third-order valence-corrected chi connectivity index (χ3v) is 3.53. The van der Waals surface area contributed by atoms with Crippen LogP contribution in [0.15, 0.2) is 18.3 Å². The topological polar surface area (TPSA) is 28.6 Å². The Balaban J connectivity index is 0.00000180. The van der Waals surface area contributed by atoms with Gasteiger partial charge in [-0.15, -0.1) is 24.8 Å². The zero-order valence-corrected chi connectivity index (χ0v) is 14.4. The van der Waals surface area contributed by atoms with Gasteiger partial charge in [-0.2, -0.15) is 0 Å². The lowest BCUT2D eigenvalue weighted by molar-refractivity contribution is 0.154. The third kappa shape index (κ3) is 4.74. The number of likely N-dealkylation sites (N-methyl/N-ethyl adjacent to an activating group) is 1. The number of hydrogen-bond donors (Lipinski definition) is 0. The zero-order valence-electron chi connectivity index (χ0n) is 11.9. The van der Waals surface area contributed by atoms with E-state index in [1.807, 2.05) is 19.2 Å². The Morgan fingerprint density at radius 1 is 1.45 bits per heavy atom. The molecule has 0 aliphatic carbocycles. The molecule has 1 aromatic heterocycles. The second-order valence-corrected chi connectivity index (χ2v) is 5.26. The molecular formula is C13H21Cl2N3OS. The first-order valence-electron chi connectivity index (χ1n) is 6.10. The molecule has 0 saturated carbocycles. The first kappa shape index (κ1) is 19.4. The van der Waals surface area contributed by atoms with Crippen molar-refractivity contribution >= 4 is 42.0 Å². The molecule has 114 valence electrons. The van der Waals surface area contributed by atoms with Gasteiger partial charge in [-0.1, -0.05) is 12.2 Å². The first-order chi connectivity index (χ1) is 8.58. The van der Waals surface area contributed by atoms with Gasteiger partial charge in [0.1, 0.15) is 11.1 Å². The maximum atomic E-state index is 5.98. The summed E-state index contributed by atoms with van der Waals surface area (Å²) >= 11 is 5.45. The van der Waals surface area contributed by atoms with Crippen LogP contribution >= 0.6 is 37.0 Å². The molecule has 1 aliphatic rings. The van der Waals surface area contributed by atoms with E-state index in [1.54, 1.807) is 6.20 Å². The molecule has 0 saturated heterocycles. The number of thiocarbonyl (C=S) groups is 1. The van der Waals surface area contributed by atoms with Crippen molar-refractivity contribution in [2.75, 3.05) is 34.2 Å². The van der Waals surface area contributed by atoms with E-state index in [0.29, 0.717) is 5.88 Å². The second-order valence-electron chi connectivity index (χ2n) is 4.87. The summed E-state index contributed by atoms with van der Waals surface area (Å²) in [4.78, 5) is 9.33. The van der Waals surface area contributed by atoms with E-state index >= 15 is 0 Å². The van der Waals surface area contributed by atoms with Crippen LogP contribution in [-0.4, -0.2) is 60.1 Å². The average Bonchev–Trinajstić information content (AvgIpc) is 2.46. The van der Waals surface area contributed by atoms with Crippen LogP contribution in [0.4, 0.5) is 0 Å². The van der Waals surface area contributed by atoms with Crippen LogP contribution in [0.25, 0.3) is 0 Å². The minimum atomic E-state index is 0. The van der Waals surface area contributed by atoms with E-state index in [2.05, 4.69) is 28.9 Å². The Hall–Kier alpha value is -0.620. The van der Waals surface area contributed by atoms with E-state index in [9.17, 15) is 0 Å². The van der Waals surface area contributed by atoms with E-state index in [0.717, 1.165) is 30.1 Å². The van der Waals surface area contributed by atoms with Crippen molar-refractivity contribution < 1.29 is 4.74 Å². The molecule has 0 bridgehead atoms. The minimum absolute atomic E-state index is 0. The van der Waals surface area contributed by atoms with Crippen molar-refractivity contribution in [2.24, 2.45) is 0 Å². The van der Waals surface area contributed by atoms with E-state index in [-0.39, 0.29) is 30.9 Å². The van der Waals surface area contributed by atoms with Crippen molar-refractivity contribution in [3.63, 3.8) is 0 Å². The lowest BCUT2D eigenvalue weighted by Crippen LogP contribution is -2.35. The van der Waals surface area contributed by atoms with Crippen molar-refractivity contribution in [2.45, 2.75) is 12.5 Å². The standard InChI is InChI=1S/C13H19N3OS.2ClH/c1-15(2)8-6-10-9-16(3)13(18)11-5-4-7-14-12(11)17-10;;/h4-5,7,10H,6,8-9H2,1-3H3;2*1H/t10-;;/m0../s1. The number of pyridine rings is 1. The molecule has 1 atom stereocenters. The molecule has 1 aliphatic heterocycles. The fraction of sp³-hybridized carbons (Fsp3) is 0.538. The highest BCUT2D eigenvalue weighted by atomic mass is 35.5. The number of hydrogen-bond acceptors (Lipinski definition) is 4. The van der Waals surface area contributed by atoms with Gasteiger partial charge in [-0.05, 0) is 32.6 Å². The number of aromatic nitrogens is 1. The predicted octanol–water partition coefficient (Wildman–Crippen LogP) is 2.25. The molecule has 20 heavy (non-hydrogen) atoms. The highest BCUT2D eigenvalue weighted by molar-refractivity contribution is 7.80. The van der Waals surface area contributed by atoms with Crippen molar-refractivity contribution in [1.29, 1.82) is 0 Å². The molecule has 4 nitrogen and oxygen atoms in total. The number of halogens is 2. The normalized spacial score (nSPS) is 17.5. The Kier molecular flexibility index (Phi) is 8.35. The van der Waals surface area contributed by atoms with Gasteiger partial charge in [0.25, 0.3) is 0 Å². The zero-order chi connectivity index (χ0) is 13.1. The van der Waals surface area contributed by atoms with Crippen molar-refractivity contribution in [1.82, 2.24) is 14.8 Å². The Labute approximate surface area is 138 Å². The van der Waals surface area contributed by atoms with Gasteiger partial charge in [-0.25, -0.2) is 4.98 Å². The lowest BCUT2D eigenvalue weighted by Gasteiger charge is -2.22. The van der Waals surface area contributed by atoms with E-state index in [4.69, 9.17) is 17.0 Å². The summed E-state index contributed by atoms with van der Waals surface area (Å²) in [5, 5.41) is 0. The van der Waals surface area contributed by atoms with Crippen LogP contribution in [0.5, 0.6) is 5.88 Å². The number of fused-ring (bicyclic) bond motifs is 1. The summed E-state index contributed by atoms with van der Waals surface area (Å²) in [5.74, 6) is 0.663. The predicted molar refractivity (Wildman–Crippen MR) is 90.7 cm³/mol. The van der Waals surface area contributed by atoms with Crippen LogP contribution in [0, 0.1) is 0 Å². The van der Waals surface area contributed by atoms with Crippen molar-refractivity contribution in [3.05, 3.63) is 23.9 Å². The molecule has 2 rings (SSSR count). The van der Waals surface area contributed by atoms with E-state index in [1.165, 1.54) is 0 Å². The van der Waals surface area contributed by atoms with Crippen LogP contribution in [-0.2, 0) is 0 Å². The van der Waals surface area contributed by atoms with Crippen LogP contribution in [0.3, 0.4) is 0 Å². The Bertz CT molecular complexity index is 445. The summed E-state index contributed by atoms with van der Waals surface area (Å²) < 4.78 is 5.98. The van der Waals surface area contributed by atoms with Gasteiger partial charge >= 0.3 is 0 Å². The largest absolute Gasteiger partial charge is 0.472 e. The Morgan fingerprint density at radius 3 is 2.80 bits per heavy atom. The molecule has 1 aromatic rings. The van der Waals surface area contributed by atoms with Gasteiger partial charge in [0.2, 0.25) is 5.88 Å². The lowest BCUT2D eigenvalue weighted by atomic mass is 10.2. The maximum absolute atomic E-state index is 5.98. The molecule has 0 unspecified atom stereocenters. The highest BCUT2D eigenvalue weighted by Crippen LogP contribution is 2.23. The van der Waals surface area contributed by atoms with Crippen LogP contribution in [0.1, 0.15) is 12.0 Å². The first-order valence-corrected chi connectivity index (χ1v) is 6.50. The molecule has 0 aromatic carbocycles. The molecular weight excluding hydrogens is 317 g/mol. The number of ether oxygens (including phenoxy) is 1. The number of nitrogens with zero attached hydrogens (tertiary/aromatic N) is 3. The number of rotatable bonds is 3. The van der Waals surface area contributed by atoms with Crippen molar-refractivity contribution in [3.8, 4) is 5.88 Å². The molecule has 0 N–H and O–H groups in total. The molecule has 2 heterocycles. The van der Waals surface area contributed by atoms with E-state index < -0.39 is 0 Å². The second kappa shape index (κ2) is 8.62. The quantitative estimate of drug-likeness (QED) is 0.789. The molecule has 0 amide bonds. The molecule has 0 spiro atoms. The van der Waals surface area contributed by atoms with Gasteiger partial charge in [-0.3, -0.25) is 0 Å². The summed E-state index contributed by atoms with van der Waals surface area (Å²) in [7, 11) is 6.14. The van der Waals surface area contributed by atoms with Crippen LogP contribution < -0.4 is 4.74 Å². The smallest absolute Gasteiger partial charge is 0.224 e.